The fourth-order valence-electron chi connectivity index (χ4n) is 2.49. The Hall–Kier alpha value is -1.13. The van der Waals surface area contributed by atoms with E-state index < -0.39 is 0 Å². The molecule has 0 radical (unpaired) electrons. The summed E-state index contributed by atoms with van der Waals surface area (Å²) >= 11 is 0. The highest BCUT2D eigenvalue weighted by Crippen LogP contribution is 2.38. The molecule has 0 aliphatic carbocycles. The highest BCUT2D eigenvalue weighted by atomic mass is 16.7. The molecule has 1 aliphatic heterocycles. The van der Waals surface area contributed by atoms with Gasteiger partial charge in [0, 0.05) is 12.3 Å². The van der Waals surface area contributed by atoms with Crippen LogP contribution in [0.2, 0.25) is 6.32 Å². The van der Waals surface area contributed by atoms with Crippen molar-refractivity contribution >= 4 is 12.9 Å². The lowest BCUT2D eigenvalue weighted by molar-refractivity contribution is -0.119. The number of hydrogen-bond acceptors (Lipinski definition) is 3. The third-order valence-electron chi connectivity index (χ3n) is 4.71. The van der Waals surface area contributed by atoms with Crippen LogP contribution in [0.15, 0.2) is 30.3 Å². The van der Waals surface area contributed by atoms with Crippen LogP contribution in [0.3, 0.4) is 0 Å². The lowest BCUT2D eigenvalue weighted by Gasteiger charge is -2.32. The molecule has 1 aromatic rings. The first kappa shape index (κ1) is 16.2. The number of carbonyl (C=O) groups is 1. The summed E-state index contributed by atoms with van der Waals surface area (Å²) in [5.41, 5.74) is 0.411. The van der Waals surface area contributed by atoms with E-state index >= 15 is 0 Å². The zero-order chi connectivity index (χ0) is 15.7. The lowest BCUT2D eigenvalue weighted by atomic mass is 9.80. The second kappa shape index (κ2) is 5.94. The number of rotatable bonds is 5. The predicted molar refractivity (Wildman–Crippen MR) is 85.4 cm³/mol. The number of ketones is 1. The van der Waals surface area contributed by atoms with Crippen LogP contribution in [0.5, 0.6) is 0 Å². The van der Waals surface area contributed by atoms with Crippen molar-refractivity contribution < 1.29 is 14.1 Å². The Balaban J connectivity index is 1.88. The van der Waals surface area contributed by atoms with Gasteiger partial charge in [-0.25, -0.2) is 0 Å². The molecule has 0 amide bonds. The molecule has 2 rings (SSSR count). The van der Waals surface area contributed by atoms with E-state index in [2.05, 4.69) is 0 Å². The zero-order valence-electron chi connectivity index (χ0n) is 13.7. The molecule has 0 saturated carbocycles. The molecule has 0 N–H and O–H groups in total. The third-order valence-corrected chi connectivity index (χ3v) is 4.71. The molecule has 1 saturated heterocycles. The third kappa shape index (κ3) is 3.56. The van der Waals surface area contributed by atoms with Gasteiger partial charge in [-0.1, -0.05) is 37.3 Å². The zero-order valence-corrected chi connectivity index (χ0v) is 13.7. The van der Waals surface area contributed by atoms with E-state index in [1.165, 1.54) is 0 Å². The van der Waals surface area contributed by atoms with Crippen LogP contribution in [0, 0.1) is 0 Å². The van der Waals surface area contributed by atoms with Crippen LogP contribution >= 0.6 is 0 Å². The van der Waals surface area contributed by atoms with Crippen molar-refractivity contribution in [1.82, 2.24) is 0 Å². The Labute approximate surface area is 128 Å². The highest BCUT2D eigenvalue weighted by Gasteiger charge is 2.50. The van der Waals surface area contributed by atoms with E-state index in [9.17, 15) is 4.79 Å². The first-order valence-corrected chi connectivity index (χ1v) is 7.66. The van der Waals surface area contributed by atoms with Crippen LogP contribution in [0.1, 0.15) is 52.5 Å². The Bertz CT molecular complexity index is 480. The summed E-state index contributed by atoms with van der Waals surface area (Å²) in [4.78, 5) is 12.3. The maximum atomic E-state index is 12.3. The first-order chi connectivity index (χ1) is 9.73. The fraction of sp³-hybridized carbons (Fsp3) is 0.588. The van der Waals surface area contributed by atoms with Gasteiger partial charge in [0.05, 0.1) is 11.2 Å². The highest BCUT2D eigenvalue weighted by molar-refractivity contribution is 6.45. The molecule has 3 nitrogen and oxygen atoms in total. The summed E-state index contributed by atoms with van der Waals surface area (Å²) in [5, 5.41) is 0. The summed E-state index contributed by atoms with van der Waals surface area (Å²) in [5.74, 6) is 0.157. The van der Waals surface area contributed by atoms with E-state index in [-0.39, 0.29) is 30.0 Å². The molecule has 0 aromatic heterocycles. The molecule has 1 fully saturated rings. The van der Waals surface area contributed by atoms with E-state index in [0.717, 1.165) is 5.56 Å². The summed E-state index contributed by atoms with van der Waals surface area (Å²) in [6.45, 7) is 10.1. The molecule has 1 unspecified atom stereocenters. The monoisotopic (exact) mass is 288 g/mol. The molecule has 0 bridgehead atoms. The van der Waals surface area contributed by atoms with Crippen molar-refractivity contribution in [3.63, 3.8) is 0 Å². The Morgan fingerprint density at radius 3 is 2.14 bits per heavy atom. The van der Waals surface area contributed by atoms with Crippen LogP contribution in [-0.2, 0) is 14.1 Å². The minimum absolute atomic E-state index is 0.0753. The molecular formula is C17H25BO3. The Morgan fingerprint density at radius 2 is 1.62 bits per heavy atom. The van der Waals surface area contributed by atoms with Gasteiger partial charge < -0.3 is 9.31 Å². The normalized spacial score (nSPS) is 21.3. The van der Waals surface area contributed by atoms with Crippen LogP contribution in [-0.4, -0.2) is 24.1 Å². The van der Waals surface area contributed by atoms with Crippen molar-refractivity contribution in [3.8, 4) is 0 Å². The molecule has 1 aliphatic rings. The van der Waals surface area contributed by atoms with E-state index in [1.54, 1.807) is 0 Å². The smallest absolute Gasteiger partial charge is 0.403 e. The summed E-state index contributed by atoms with van der Waals surface area (Å²) < 4.78 is 11.9. The number of hydrogen-bond donors (Lipinski definition) is 0. The number of Topliss-reactive ketones (excluding diaryl/α,β-unsaturated/α-hetero) is 1. The fourth-order valence-corrected chi connectivity index (χ4v) is 2.49. The standard InChI is InChI=1S/C17H25BO3/c1-13(14-9-7-6-8-10-14)15(19)11-12-18-20-16(2,3)17(4,5)21-18/h6-10,13H,11-12H2,1-5H3. The second-order valence-electron chi connectivity index (χ2n) is 6.82. The minimum Gasteiger partial charge on any atom is -0.403 e. The van der Waals surface area contributed by atoms with Gasteiger partial charge in [0.15, 0.2) is 0 Å². The molecule has 1 heterocycles. The Kier molecular flexibility index (Phi) is 4.59. The summed E-state index contributed by atoms with van der Waals surface area (Å²) in [6, 6.07) is 9.89. The van der Waals surface area contributed by atoms with Gasteiger partial charge >= 0.3 is 7.12 Å². The molecule has 114 valence electrons. The van der Waals surface area contributed by atoms with Crippen molar-refractivity contribution in [3.05, 3.63) is 35.9 Å². The van der Waals surface area contributed by atoms with Crippen LogP contribution < -0.4 is 0 Å². The van der Waals surface area contributed by atoms with Gasteiger partial charge in [0.2, 0.25) is 0 Å². The molecule has 0 spiro atoms. The minimum atomic E-state index is -0.328. The summed E-state index contributed by atoms with van der Waals surface area (Å²) in [7, 11) is -0.290. The van der Waals surface area contributed by atoms with Gasteiger partial charge in [-0.05, 0) is 39.6 Å². The average molecular weight is 288 g/mol. The molecule has 1 aromatic carbocycles. The second-order valence-corrected chi connectivity index (χ2v) is 6.82. The van der Waals surface area contributed by atoms with Gasteiger partial charge in [-0.15, -0.1) is 0 Å². The largest absolute Gasteiger partial charge is 0.458 e. The number of benzene rings is 1. The lowest BCUT2D eigenvalue weighted by Crippen LogP contribution is -2.41. The van der Waals surface area contributed by atoms with Gasteiger partial charge in [0.1, 0.15) is 5.78 Å². The summed E-state index contributed by atoms with van der Waals surface area (Å²) in [6.07, 6.45) is 1.09. The SMILES string of the molecule is CC(C(=O)CCB1OC(C)(C)C(C)(C)O1)c1ccccc1. The van der Waals surface area contributed by atoms with Crippen molar-refractivity contribution in [2.75, 3.05) is 0 Å². The van der Waals surface area contributed by atoms with Crippen LogP contribution in [0.4, 0.5) is 0 Å². The predicted octanol–water partition coefficient (Wildman–Crippen LogP) is 3.84. The van der Waals surface area contributed by atoms with Gasteiger partial charge in [-0.2, -0.15) is 0 Å². The Morgan fingerprint density at radius 1 is 1.10 bits per heavy atom. The maximum absolute atomic E-state index is 12.3. The van der Waals surface area contributed by atoms with Crippen LogP contribution in [0.25, 0.3) is 0 Å². The molecular weight excluding hydrogens is 263 g/mol. The number of carbonyl (C=O) groups excluding carboxylic acids is 1. The first-order valence-electron chi connectivity index (χ1n) is 7.66. The molecule has 4 heteroatoms. The van der Waals surface area contributed by atoms with Gasteiger partial charge in [-0.3, -0.25) is 4.79 Å². The topological polar surface area (TPSA) is 35.5 Å². The average Bonchev–Trinajstić information content (AvgIpc) is 2.64. The van der Waals surface area contributed by atoms with E-state index in [0.29, 0.717) is 12.7 Å². The van der Waals surface area contributed by atoms with Crippen molar-refractivity contribution in [2.45, 2.75) is 64.5 Å². The molecule has 21 heavy (non-hydrogen) atoms. The molecule has 1 atom stereocenters. The van der Waals surface area contributed by atoms with Gasteiger partial charge in [0.25, 0.3) is 0 Å². The van der Waals surface area contributed by atoms with Crippen molar-refractivity contribution in [2.24, 2.45) is 0 Å². The quantitative estimate of drug-likeness (QED) is 0.772. The van der Waals surface area contributed by atoms with E-state index in [4.69, 9.17) is 9.31 Å². The maximum Gasteiger partial charge on any atom is 0.458 e. The van der Waals surface area contributed by atoms with Crippen molar-refractivity contribution in [1.29, 1.82) is 0 Å². The van der Waals surface area contributed by atoms with E-state index in [1.807, 2.05) is 65.0 Å².